The van der Waals surface area contributed by atoms with Gasteiger partial charge in [-0.05, 0) is 18.6 Å². The van der Waals surface area contributed by atoms with Gasteiger partial charge in [0.25, 0.3) is 0 Å². The topological polar surface area (TPSA) is 56.2 Å². The zero-order chi connectivity index (χ0) is 12.5. The van der Waals surface area contributed by atoms with Crippen LogP contribution in [0, 0.1) is 0 Å². The summed E-state index contributed by atoms with van der Waals surface area (Å²) in [6, 6.07) is 4.33. The third kappa shape index (κ3) is 1.97. The Morgan fingerprint density at radius 2 is 2.50 bits per heavy atom. The first-order valence-electron chi connectivity index (χ1n) is 6.06. The molecule has 94 valence electrons. The highest BCUT2D eigenvalue weighted by Crippen LogP contribution is 2.26. The van der Waals surface area contributed by atoms with Crippen molar-refractivity contribution >= 4 is 22.6 Å². The summed E-state index contributed by atoms with van der Waals surface area (Å²) in [5.74, 6) is 0.487. The lowest BCUT2D eigenvalue weighted by Crippen LogP contribution is -2.08. The van der Waals surface area contributed by atoms with Gasteiger partial charge >= 0.3 is 0 Å². The Balaban J connectivity index is 1.96. The van der Waals surface area contributed by atoms with Gasteiger partial charge in [0.15, 0.2) is 0 Å². The first-order valence-corrected chi connectivity index (χ1v) is 6.06. The highest BCUT2D eigenvalue weighted by atomic mass is 16.5. The molecule has 1 amide bonds. The molecule has 1 aliphatic heterocycles. The largest absolute Gasteiger partial charge is 0.379 e. The second kappa shape index (κ2) is 4.42. The predicted molar refractivity (Wildman–Crippen MR) is 68.5 cm³/mol. The number of nitrogens with one attached hydrogen (secondary N) is 1. The molecule has 2 aromatic heterocycles. The Labute approximate surface area is 105 Å². The fourth-order valence-corrected chi connectivity index (χ4v) is 2.36. The molecule has 1 N–H and O–H groups in total. The minimum absolute atomic E-state index is 0.106. The Hall–Kier alpha value is -1.88. The monoisotopic (exact) mass is 245 g/mol. The zero-order valence-corrected chi connectivity index (χ0v) is 10.2. The second-order valence-corrected chi connectivity index (χ2v) is 4.55. The predicted octanol–water partition coefficient (Wildman–Crippen LogP) is 1.96. The SMILES string of the molecule is CC(=O)Nc1cc2ccn([C@@H]3CCOC3)c2cn1. The van der Waals surface area contributed by atoms with Crippen LogP contribution in [0.2, 0.25) is 0 Å². The number of carbonyl (C=O) groups excluding carboxylic acids is 1. The van der Waals surface area contributed by atoms with E-state index in [4.69, 9.17) is 4.74 Å². The molecule has 0 aliphatic carbocycles. The summed E-state index contributed by atoms with van der Waals surface area (Å²) in [6.07, 6.45) is 4.90. The smallest absolute Gasteiger partial charge is 0.222 e. The summed E-state index contributed by atoms with van der Waals surface area (Å²) in [7, 11) is 0. The van der Waals surface area contributed by atoms with Crippen molar-refractivity contribution in [1.29, 1.82) is 0 Å². The number of nitrogens with zero attached hydrogens (tertiary/aromatic N) is 2. The number of pyridine rings is 1. The summed E-state index contributed by atoms with van der Waals surface area (Å²) in [5, 5.41) is 3.78. The molecule has 0 saturated carbocycles. The third-order valence-electron chi connectivity index (χ3n) is 3.21. The molecule has 0 bridgehead atoms. The molecule has 1 atom stereocenters. The van der Waals surface area contributed by atoms with Crippen molar-refractivity contribution in [1.82, 2.24) is 9.55 Å². The molecule has 5 heteroatoms. The van der Waals surface area contributed by atoms with E-state index in [0.717, 1.165) is 30.5 Å². The van der Waals surface area contributed by atoms with E-state index >= 15 is 0 Å². The van der Waals surface area contributed by atoms with E-state index in [1.165, 1.54) is 6.92 Å². The van der Waals surface area contributed by atoms with Crippen molar-refractivity contribution in [2.45, 2.75) is 19.4 Å². The average Bonchev–Trinajstić information content (AvgIpc) is 2.94. The number of hydrogen-bond donors (Lipinski definition) is 1. The molecular weight excluding hydrogens is 230 g/mol. The maximum Gasteiger partial charge on any atom is 0.222 e. The molecule has 0 radical (unpaired) electrons. The molecule has 3 heterocycles. The van der Waals surface area contributed by atoms with Crippen LogP contribution in [0.5, 0.6) is 0 Å². The van der Waals surface area contributed by atoms with Gasteiger partial charge in [0.2, 0.25) is 5.91 Å². The number of fused-ring (bicyclic) bond motifs is 1. The number of carbonyl (C=O) groups is 1. The van der Waals surface area contributed by atoms with Crippen LogP contribution >= 0.6 is 0 Å². The van der Waals surface area contributed by atoms with E-state index in [1.807, 2.05) is 12.1 Å². The molecule has 0 aromatic carbocycles. The summed E-state index contributed by atoms with van der Waals surface area (Å²) in [4.78, 5) is 15.2. The van der Waals surface area contributed by atoms with Gasteiger partial charge in [-0.3, -0.25) is 4.79 Å². The van der Waals surface area contributed by atoms with Gasteiger partial charge in [0, 0.05) is 25.1 Å². The van der Waals surface area contributed by atoms with Crippen LogP contribution in [0.3, 0.4) is 0 Å². The number of amides is 1. The van der Waals surface area contributed by atoms with E-state index in [2.05, 4.69) is 21.1 Å². The molecule has 5 nitrogen and oxygen atoms in total. The fraction of sp³-hybridized carbons (Fsp3) is 0.385. The van der Waals surface area contributed by atoms with Gasteiger partial charge in [-0.1, -0.05) is 0 Å². The summed E-state index contributed by atoms with van der Waals surface area (Å²) in [6.45, 7) is 3.06. The molecule has 18 heavy (non-hydrogen) atoms. The minimum Gasteiger partial charge on any atom is -0.379 e. The Kier molecular flexibility index (Phi) is 2.76. The second-order valence-electron chi connectivity index (χ2n) is 4.55. The minimum atomic E-state index is -0.106. The molecular formula is C13H15N3O2. The zero-order valence-electron chi connectivity index (χ0n) is 10.2. The number of ether oxygens (including phenoxy) is 1. The maximum atomic E-state index is 11.0. The van der Waals surface area contributed by atoms with Gasteiger partial charge in [0.1, 0.15) is 5.82 Å². The van der Waals surface area contributed by atoms with Crippen LogP contribution in [-0.4, -0.2) is 28.7 Å². The normalized spacial score (nSPS) is 19.3. The van der Waals surface area contributed by atoms with Crippen molar-refractivity contribution < 1.29 is 9.53 Å². The number of rotatable bonds is 2. The van der Waals surface area contributed by atoms with Crippen molar-refractivity contribution in [3.05, 3.63) is 24.5 Å². The first kappa shape index (κ1) is 11.2. The van der Waals surface area contributed by atoms with Crippen molar-refractivity contribution in [2.75, 3.05) is 18.5 Å². The van der Waals surface area contributed by atoms with Crippen LogP contribution in [0.4, 0.5) is 5.82 Å². The van der Waals surface area contributed by atoms with Crippen LogP contribution < -0.4 is 5.32 Å². The number of hydrogen-bond acceptors (Lipinski definition) is 3. The molecule has 3 rings (SSSR count). The van der Waals surface area contributed by atoms with Gasteiger partial charge < -0.3 is 14.6 Å². The van der Waals surface area contributed by atoms with Gasteiger partial charge in [-0.25, -0.2) is 4.98 Å². The van der Waals surface area contributed by atoms with Crippen molar-refractivity contribution in [3.8, 4) is 0 Å². The summed E-state index contributed by atoms with van der Waals surface area (Å²) < 4.78 is 7.61. The quantitative estimate of drug-likeness (QED) is 0.879. The van der Waals surface area contributed by atoms with Gasteiger partial charge in [-0.15, -0.1) is 0 Å². The van der Waals surface area contributed by atoms with E-state index in [9.17, 15) is 4.79 Å². The average molecular weight is 245 g/mol. The number of anilines is 1. The Morgan fingerprint density at radius 3 is 3.22 bits per heavy atom. The molecule has 1 saturated heterocycles. The van der Waals surface area contributed by atoms with E-state index in [0.29, 0.717) is 11.9 Å². The maximum absolute atomic E-state index is 11.0. The lowest BCUT2D eigenvalue weighted by Gasteiger charge is -2.11. The Bertz CT molecular complexity index is 585. The van der Waals surface area contributed by atoms with Gasteiger partial charge in [-0.2, -0.15) is 0 Å². The van der Waals surface area contributed by atoms with Gasteiger partial charge in [0.05, 0.1) is 24.4 Å². The number of aromatic nitrogens is 2. The fourth-order valence-electron chi connectivity index (χ4n) is 2.36. The van der Waals surface area contributed by atoms with Crippen LogP contribution in [-0.2, 0) is 9.53 Å². The van der Waals surface area contributed by atoms with Crippen LogP contribution in [0.1, 0.15) is 19.4 Å². The highest BCUT2D eigenvalue weighted by Gasteiger charge is 2.18. The Morgan fingerprint density at radius 1 is 1.61 bits per heavy atom. The van der Waals surface area contributed by atoms with Crippen molar-refractivity contribution in [3.63, 3.8) is 0 Å². The van der Waals surface area contributed by atoms with Crippen molar-refractivity contribution in [2.24, 2.45) is 0 Å². The first-order chi connectivity index (χ1) is 8.74. The molecule has 1 aliphatic rings. The molecule has 0 unspecified atom stereocenters. The summed E-state index contributed by atoms with van der Waals surface area (Å²) >= 11 is 0. The molecule has 0 spiro atoms. The lowest BCUT2D eigenvalue weighted by molar-refractivity contribution is -0.114. The lowest BCUT2D eigenvalue weighted by atomic mass is 10.2. The van der Waals surface area contributed by atoms with E-state index in [-0.39, 0.29) is 5.91 Å². The third-order valence-corrected chi connectivity index (χ3v) is 3.21. The van der Waals surface area contributed by atoms with E-state index in [1.54, 1.807) is 6.20 Å². The summed E-state index contributed by atoms with van der Waals surface area (Å²) in [5.41, 5.74) is 1.08. The van der Waals surface area contributed by atoms with Crippen LogP contribution in [0.25, 0.3) is 10.9 Å². The standard InChI is InChI=1S/C13H15N3O2/c1-9(17)15-13-6-10-2-4-16(12(10)7-14-13)11-3-5-18-8-11/h2,4,6-7,11H,3,5,8H2,1H3,(H,14,15,17)/t11-/m1/s1. The highest BCUT2D eigenvalue weighted by molar-refractivity contribution is 5.90. The van der Waals surface area contributed by atoms with E-state index < -0.39 is 0 Å². The van der Waals surface area contributed by atoms with Crippen LogP contribution in [0.15, 0.2) is 24.5 Å². The molecule has 1 fully saturated rings. The molecule has 2 aromatic rings.